The quantitative estimate of drug-likeness (QED) is 0.825. The number of carbonyl (C=O) groups is 1. The van der Waals surface area contributed by atoms with Gasteiger partial charge in [-0.1, -0.05) is 11.6 Å². The highest BCUT2D eigenvalue weighted by Crippen LogP contribution is 2.23. The van der Waals surface area contributed by atoms with Gasteiger partial charge in [-0.25, -0.2) is 8.42 Å². The summed E-state index contributed by atoms with van der Waals surface area (Å²) in [7, 11) is -2.98. The van der Waals surface area contributed by atoms with Gasteiger partial charge in [-0.05, 0) is 40.5 Å². The first kappa shape index (κ1) is 15.5. The van der Waals surface area contributed by atoms with Crippen LogP contribution in [0.1, 0.15) is 16.8 Å². The van der Waals surface area contributed by atoms with E-state index < -0.39 is 9.84 Å². The molecule has 1 amide bonds. The second-order valence-corrected chi connectivity index (χ2v) is 7.39. The van der Waals surface area contributed by atoms with Crippen molar-refractivity contribution >= 4 is 43.3 Å². The molecule has 1 aromatic rings. The minimum Gasteiger partial charge on any atom is -0.352 e. The molecule has 0 spiro atoms. The standard InChI is InChI=1S/C11H13BrClNO3S/c1-18(16,17)6-2-5-14-11(15)8-3-4-10(13)9(12)7-8/h3-4,7H,2,5-6H2,1H3,(H,14,15). The number of sulfone groups is 1. The summed E-state index contributed by atoms with van der Waals surface area (Å²) >= 11 is 9.05. The van der Waals surface area contributed by atoms with Crippen LogP contribution in [0.15, 0.2) is 22.7 Å². The van der Waals surface area contributed by atoms with Crippen molar-refractivity contribution in [3.8, 4) is 0 Å². The van der Waals surface area contributed by atoms with Crippen molar-refractivity contribution in [3.05, 3.63) is 33.3 Å². The molecule has 7 heteroatoms. The Morgan fingerprint density at radius 3 is 2.67 bits per heavy atom. The molecule has 1 rings (SSSR count). The van der Waals surface area contributed by atoms with Gasteiger partial charge >= 0.3 is 0 Å². The van der Waals surface area contributed by atoms with Crippen LogP contribution in [0.4, 0.5) is 0 Å². The molecule has 0 fully saturated rings. The van der Waals surface area contributed by atoms with Crippen LogP contribution in [-0.4, -0.2) is 32.9 Å². The fourth-order valence-electron chi connectivity index (χ4n) is 1.28. The topological polar surface area (TPSA) is 63.2 Å². The van der Waals surface area contributed by atoms with E-state index in [1.54, 1.807) is 18.2 Å². The van der Waals surface area contributed by atoms with Crippen molar-refractivity contribution in [2.75, 3.05) is 18.6 Å². The van der Waals surface area contributed by atoms with Gasteiger partial charge in [0.2, 0.25) is 0 Å². The normalized spacial score (nSPS) is 11.3. The molecule has 0 heterocycles. The van der Waals surface area contributed by atoms with Gasteiger partial charge in [-0.15, -0.1) is 0 Å². The Hall–Kier alpha value is -0.590. The van der Waals surface area contributed by atoms with Gasteiger partial charge in [0.15, 0.2) is 0 Å². The van der Waals surface area contributed by atoms with Crippen LogP contribution >= 0.6 is 27.5 Å². The van der Waals surface area contributed by atoms with Crippen LogP contribution in [0, 0.1) is 0 Å². The first-order valence-corrected chi connectivity index (χ1v) is 8.44. The summed E-state index contributed by atoms with van der Waals surface area (Å²) in [4.78, 5) is 11.7. The van der Waals surface area contributed by atoms with Crippen molar-refractivity contribution in [1.29, 1.82) is 0 Å². The number of nitrogens with one attached hydrogen (secondary N) is 1. The van der Waals surface area contributed by atoms with E-state index in [9.17, 15) is 13.2 Å². The lowest BCUT2D eigenvalue weighted by molar-refractivity contribution is 0.0953. The van der Waals surface area contributed by atoms with Crippen molar-refractivity contribution < 1.29 is 13.2 Å². The monoisotopic (exact) mass is 353 g/mol. The average Bonchev–Trinajstić information content (AvgIpc) is 2.26. The molecule has 0 bridgehead atoms. The number of rotatable bonds is 5. The largest absolute Gasteiger partial charge is 0.352 e. The zero-order chi connectivity index (χ0) is 13.8. The van der Waals surface area contributed by atoms with Crippen LogP contribution in [-0.2, 0) is 9.84 Å². The smallest absolute Gasteiger partial charge is 0.251 e. The lowest BCUT2D eigenvalue weighted by Gasteiger charge is -2.05. The van der Waals surface area contributed by atoms with Crippen molar-refractivity contribution in [2.45, 2.75) is 6.42 Å². The van der Waals surface area contributed by atoms with Crippen molar-refractivity contribution in [3.63, 3.8) is 0 Å². The van der Waals surface area contributed by atoms with Gasteiger partial charge in [0.05, 0.1) is 10.8 Å². The van der Waals surface area contributed by atoms with E-state index in [1.807, 2.05) is 0 Å². The van der Waals surface area contributed by atoms with Crippen LogP contribution in [0.3, 0.4) is 0 Å². The van der Waals surface area contributed by atoms with Gasteiger partial charge < -0.3 is 5.32 Å². The third kappa shape index (κ3) is 5.37. The van der Waals surface area contributed by atoms with Gasteiger partial charge in [0.1, 0.15) is 9.84 Å². The molecule has 0 aliphatic heterocycles. The van der Waals surface area contributed by atoms with E-state index in [0.717, 1.165) is 0 Å². The minimum absolute atomic E-state index is 0.0671. The molecule has 0 unspecified atom stereocenters. The predicted molar refractivity (Wildman–Crippen MR) is 75.8 cm³/mol. The highest BCUT2D eigenvalue weighted by molar-refractivity contribution is 9.10. The highest BCUT2D eigenvalue weighted by Gasteiger charge is 2.08. The molecular formula is C11H13BrClNO3S. The summed E-state index contributed by atoms with van der Waals surface area (Å²) in [5, 5.41) is 3.18. The Bertz CT molecular complexity index is 545. The summed E-state index contributed by atoms with van der Waals surface area (Å²) in [5.74, 6) is -0.182. The van der Waals surface area contributed by atoms with Crippen LogP contribution in [0.5, 0.6) is 0 Å². The number of amides is 1. The molecule has 0 aromatic heterocycles. The second-order valence-electron chi connectivity index (χ2n) is 3.87. The lowest BCUT2D eigenvalue weighted by Crippen LogP contribution is -2.25. The zero-order valence-corrected chi connectivity index (χ0v) is 12.9. The Labute approximate surface area is 120 Å². The van der Waals surface area contributed by atoms with Crippen LogP contribution in [0.25, 0.3) is 0 Å². The molecule has 1 aromatic carbocycles. The third-order valence-corrected chi connectivity index (χ3v) is 4.40. The number of hydrogen-bond donors (Lipinski definition) is 1. The maximum absolute atomic E-state index is 11.7. The summed E-state index contributed by atoms with van der Waals surface area (Å²) in [6, 6.07) is 4.85. The Balaban J connectivity index is 2.48. The molecule has 0 aliphatic carbocycles. The molecule has 0 aliphatic rings. The predicted octanol–water partition coefficient (Wildman–Crippen LogP) is 2.27. The van der Waals surface area contributed by atoms with E-state index >= 15 is 0 Å². The van der Waals surface area contributed by atoms with E-state index in [2.05, 4.69) is 21.2 Å². The van der Waals surface area contributed by atoms with E-state index in [1.165, 1.54) is 6.26 Å². The second kappa shape index (κ2) is 6.54. The van der Waals surface area contributed by atoms with Crippen LogP contribution < -0.4 is 5.32 Å². The molecule has 0 saturated heterocycles. The van der Waals surface area contributed by atoms with Crippen molar-refractivity contribution in [2.24, 2.45) is 0 Å². The maximum atomic E-state index is 11.7. The molecule has 4 nitrogen and oxygen atoms in total. The molecule has 100 valence electrons. The van der Waals surface area contributed by atoms with E-state index in [0.29, 0.717) is 28.0 Å². The lowest BCUT2D eigenvalue weighted by atomic mass is 10.2. The van der Waals surface area contributed by atoms with E-state index in [-0.39, 0.29) is 11.7 Å². The maximum Gasteiger partial charge on any atom is 0.251 e. The summed E-state index contributed by atoms with van der Waals surface area (Å²) < 4.78 is 22.4. The Kier molecular flexibility index (Phi) is 5.62. The van der Waals surface area contributed by atoms with Crippen LogP contribution in [0.2, 0.25) is 5.02 Å². The molecule has 0 radical (unpaired) electrons. The Morgan fingerprint density at radius 1 is 1.44 bits per heavy atom. The summed E-state index contributed by atoms with van der Waals surface area (Å²) in [6.45, 7) is 0.326. The first-order chi connectivity index (χ1) is 8.29. The van der Waals surface area contributed by atoms with Gasteiger partial charge in [-0.2, -0.15) is 0 Å². The zero-order valence-electron chi connectivity index (χ0n) is 9.74. The highest BCUT2D eigenvalue weighted by atomic mass is 79.9. The minimum atomic E-state index is -2.98. The van der Waals surface area contributed by atoms with Crippen molar-refractivity contribution in [1.82, 2.24) is 5.32 Å². The molecule has 1 N–H and O–H groups in total. The fourth-order valence-corrected chi connectivity index (χ4v) is 2.44. The molecular weight excluding hydrogens is 342 g/mol. The van der Waals surface area contributed by atoms with E-state index in [4.69, 9.17) is 11.6 Å². The fraction of sp³-hybridized carbons (Fsp3) is 0.364. The average molecular weight is 355 g/mol. The number of benzene rings is 1. The third-order valence-electron chi connectivity index (χ3n) is 2.16. The summed E-state index contributed by atoms with van der Waals surface area (Å²) in [5.41, 5.74) is 0.477. The number of halogens is 2. The van der Waals surface area contributed by atoms with Gasteiger partial charge in [0.25, 0.3) is 5.91 Å². The molecule has 0 atom stereocenters. The Morgan fingerprint density at radius 2 is 2.11 bits per heavy atom. The first-order valence-electron chi connectivity index (χ1n) is 5.20. The SMILES string of the molecule is CS(=O)(=O)CCCNC(=O)c1ccc(Cl)c(Br)c1. The number of hydrogen-bond acceptors (Lipinski definition) is 3. The molecule has 0 saturated carbocycles. The van der Waals surface area contributed by atoms with Gasteiger partial charge in [0, 0.05) is 22.8 Å². The summed E-state index contributed by atoms with van der Waals surface area (Å²) in [6.07, 6.45) is 1.57. The van der Waals surface area contributed by atoms with Gasteiger partial charge in [-0.3, -0.25) is 4.79 Å². The molecule has 18 heavy (non-hydrogen) atoms. The number of carbonyl (C=O) groups excluding carboxylic acids is 1.